The molecular formula is C23H23N3O4. The number of hydrogen-bond donors (Lipinski definition) is 1. The maximum atomic E-state index is 9.36. The highest BCUT2D eigenvalue weighted by Gasteiger charge is 2.13. The van der Waals surface area contributed by atoms with E-state index >= 15 is 0 Å². The molecule has 0 aliphatic heterocycles. The number of nitrogens with one attached hydrogen (secondary N) is 1. The molecule has 1 heterocycles. The van der Waals surface area contributed by atoms with Crippen LogP contribution in [-0.4, -0.2) is 26.3 Å². The van der Waals surface area contributed by atoms with Gasteiger partial charge in [-0.15, -0.1) is 0 Å². The highest BCUT2D eigenvalue weighted by Crippen LogP contribution is 2.38. The maximum absolute atomic E-state index is 9.36. The smallest absolute Gasteiger partial charge is 0.232 e. The van der Waals surface area contributed by atoms with Gasteiger partial charge in [0, 0.05) is 12.6 Å². The molecule has 1 N–H and O–H groups in total. The van der Waals surface area contributed by atoms with E-state index in [1.54, 1.807) is 33.5 Å². The molecule has 0 saturated carbocycles. The van der Waals surface area contributed by atoms with Gasteiger partial charge in [0.25, 0.3) is 0 Å². The van der Waals surface area contributed by atoms with Gasteiger partial charge in [-0.1, -0.05) is 29.8 Å². The molecule has 0 bridgehead atoms. The lowest BCUT2D eigenvalue weighted by Gasteiger charge is -2.12. The van der Waals surface area contributed by atoms with Crippen molar-refractivity contribution < 1.29 is 18.6 Å². The molecule has 3 aromatic rings. The Bertz CT molecular complexity index is 1050. The summed E-state index contributed by atoms with van der Waals surface area (Å²) in [5, 5.41) is 12.5. The van der Waals surface area contributed by atoms with Crippen molar-refractivity contribution in [2.75, 3.05) is 26.6 Å². The number of aryl methyl sites for hydroxylation is 1. The van der Waals surface area contributed by atoms with Gasteiger partial charge < -0.3 is 23.9 Å². The number of methoxy groups -OCH3 is 3. The number of nitrogens with zero attached hydrogens (tertiary/aromatic N) is 2. The van der Waals surface area contributed by atoms with E-state index in [2.05, 4.69) is 16.4 Å². The molecular weight excluding hydrogens is 382 g/mol. The Labute approximate surface area is 175 Å². The van der Waals surface area contributed by atoms with E-state index in [1.165, 1.54) is 5.56 Å². The van der Waals surface area contributed by atoms with Crippen LogP contribution in [0, 0.1) is 18.3 Å². The number of rotatable bonds is 8. The van der Waals surface area contributed by atoms with Crippen LogP contribution in [0.4, 0.5) is 5.88 Å². The monoisotopic (exact) mass is 405 g/mol. The van der Waals surface area contributed by atoms with Crippen molar-refractivity contribution in [2.24, 2.45) is 0 Å². The Morgan fingerprint density at radius 1 is 1.03 bits per heavy atom. The molecule has 2 aromatic carbocycles. The minimum atomic E-state index is 0.201. The Hall–Kier alpha value is -3.92. The lowest BCUT2D eigenvalue weighted by atomic mass is 10.1. The van der Waals surface area contributed by atoms with E-state index in [-0.39, 0.29) is 5.69 Å². The zero-order valence-electron chi connectivity index (χ0n) is 17.4. The van der Waals surface area contributed by atoms with Crippen molar-refractivity contribution in [1.29, 1.82) is 5.26 Å². The summed E-state index contributed by atoms with van der Waals surface area (Å²) in [4.78, 5) is 4.22. The third-order valence-corrected chi connectivity index (χ3v) is 4.43. The molecule has 0 spiro atoms. The summed E-state index contributed by atoms with van der Waals surface area (Å²) in [7, 11) is 4.67. The SMILES string of the molecule is COc1cc(C=Cc2nc(C#N)c(NCc3ccc(C)cc3)o2)cc(OC)c1OC. The van der Waals surface area contributed by atoms with Crippen molar-refractivity contribution in [3.05, 3.63) is 64.7 Å². The molecule has 1 aromatic heterocycles. The molecule has 154 valence electrons. The summed E-state index contributed by atoms with van der Waals surface area (Å²) in [6.07, 6.45) is 3.47. The van der Waals surface area contributed by atoms with Crippen LogP contribution in [0.3, 0.4) is 0 Å². The fraction of sp³-hybridized carbons (Fsp3) is 0.217. The molecule has 0 saturated heterocycles. The second kappa shape index (κ2) is 9.52. The molecule has 0 aliphatic rings. The topological polar surface area (TPSA) is 89.5 Å². The zero-order chi connectivity index (χ0) is 21.5. The van der Waals surface area contributed by atoms with Gasteiger partial charge in [-0.2, -0.15) is 10.2 Å². The number of oxazole rings is 1. The second-order valence-corrected chi connectivity index (χ2v) is 6.47. The number of benzene rings is 2. The van der Waals surface area contributed by atoms with Crippen molar-refractivity contribution in [2.45, 2.75) is 13.5 Å². The largest absolute Gasteiger partial charge is 0.493 e. The Balaban J connectivity index is 1.79. The van der Waals surface area contributed by atoms with Crippen molar-refractivity contribution in [1.82, 2.24) is 4.98 Å². The van der Waals surface area contributed by atoms with E-state index in [0.717, 1.165) is 11.1 Å². The number of hydrogen-bond acceptors (Lipinski definition) is 7. The van der Waals surface area contributed by atoms with Gasteiger partial charge in [-0.3, -0.25) is 0 Å². The fourth-order valence-electron chi connectivity index (χ4n) is 2.86. The summed E-state index contributed by atoms with van der Waals surface area (Å²) in [6.45, 7) is 2.56. The number of aromatic nitrogens is 1. The molecule has 0 radical (unpaired) electrons. The zero-order valence-corrected chi connectivity index (χ0v) is 17.4. The minimum Gasteiger partial charge on any atom is -0.493 e. The quantitative estimate of drug-likeness (QED) is 0.583. The van der Waals surface area contributed by atoms with Crippen LogP contribution >= 0.6 is 0 Å². The molecule has 3 rings (SSSR count). The Kier molecular flexibility index (Phi) is 6.60. The van der Waals surface area contributed by atoms with E-state index in [4.69, 9.17) is 18.6 Å². The standard InChI is InChI=1S/C23H23N3O4/c1-15-5-7-16(8-6-15)14-25-23-18(13-24)26-21(30-23)10-9-17-11-19(27-2)22(29-4)20(12-17)28-3/h5-12,25H,14H2,1-4H3. The molecule has 7 nitrogen and oxygen atoms in total. The summed E-state index contributed by atoms with van der Waals surface area (Å²) in [5.74, 6) is 2.25. The first-order chi connectivity index (χ1) is 14.6. The van der Waals surface area contributed by atoms with E-state index in [9.17, 15) is 5.26 Å². The summed E-state index contributed by atoms with van der Waals surface area (Å²) in [6, 6.07) is 13.8. The van der Waals surface area contributed by atoms with Crippen LogP contribution in [0.1, 0.15) is 28.3 Å². The fourth-order valence-corrected chi connectivity index (χ4v) is 2.86. The Morgan fingerprint density at radius 2 is 1.70 bits per heavy atom. The molecule has 0 aliphatic carbocycles. The third kappa shape index (κ3) is 4.73. The van der Waals surface area contributed by atoms with Crippen LogP contribution in [0.2, 0.25) is 0 Å². The van der Waals surface area contributed by atoms with Crippen LogP contribution in [0.5, 0.6) is 17.2 Å². The van der Waals surface area contributed by atoms with Crippen LogP contribution < -0.4 is 19.5 Å². The van der Waals surface area contributed by atoms with E-state index < -0.39 is 0 Å². The molecule has 7 heteroatoms. The van der Waals surface area contributed by atoms with Gasteiger partial charge in [0.2, 0.25) is 23.2 Å². The van der Waals surface area contributed by atoms with Gasteiger partial charge >= 0.3 is 0 Å². The van der Waals surface area contributed by atoms with Crippen LogP contribution in [0.25, 0.3) is 12.2 Å². The highest BCUT2D eigenvalue weighted by molar-refractivity contribution is 5.71. The Morgan fingerprint density at radius 3 is 2.27 bits per heavy atom. The van der Waals surface area contributed by atoms with Crippen molar-refractivity contribution >= 4 is 18.0 Å². The average molecular weight is 405 g/mol. The van der Waals surface area contributed by atoms with Gasteiger partial charge in [-0.25, -0.2) is 0 Å². The number of nitriles is 1. The molecule has 0 amide bonds. The maximum Gasteiger partial charge on any atom is 0.232 e. The van der Waals surface area contributed by atoms with E-state index in [0.29, 0.717) is 35.6 Å². The lowest BCUT2D eigenvalue weighted by molar-refractivity contribution is 0.324. The average Bonchev–Trinajstić information content (AvgIpc) is 3.18. The molecule has 0 atom stereocenters. The molecule has 0 unspecified atom stereocenters. The lowest BCUT2D eigenvalue weighted by Crippen LogP contribution is -1.99. The van der Waals surface area contributed by atoms with Crippen LogP contribution in [0.15, 0.2) is 40.8 Å². The van der Waals surface area contributed by atoms with Crippen molar-refractivity contribution in [3.63, 3.8) is 0 Å². The van der Waals surface area contributed by atoms with Gasteiger partial charge in [0.05, 0.1) is 21.3 Å². The highest BCUT2D eigenvalue weighted by atomic mass is 16.5. The molecule has 30 heavy (non-hydrogen) atoms. The van der Waals surface area contributed by atoms with Gasteiger partial charge in [-0.05, 0) is 36.3 Å². The predicted octanol–water partition coefficient (Wildman–Crippen LogP) is 4.66. The first kappa shape index (κ1) is 20.8. The summed E-state index contributed by atoms with van der Waals surface area (Å²) < 4.78 is 21.8. The minimum absolute atomic E-state index is 0.201. The number of ether oxygens (including phenoxy) is 3. The second-order valence-electron chi connectivity index (χ2n) is 6.47. The van der Waals surface area contributed by atoms with E-state index in [1.807, 2.05) is 43.3 Å². The molecule has 0 fully saturated rings. The third-order valence-electron chi connectivity index (χ3n) is 4.43. The summed E-state index contributed by atoms with van der Waals surface area (Å²) in [5.41, 5.74) is 3.27. The normalized spacial score (nSPS) is 10.6. The first-order valence-corrected chi connectivity index (χ1v) is 9.26. The van der Waals surface area contributed by atoms with Crippen LogP contribution in [-0.2, 0) is 6.54 Å². The predicted molar refractivity (Wildman–Crippen MR) is 115 cm³/mol. The summed E-state index contributed by atoms with van der Waals surface area (Å²) >= 11 is 0. The van der Waals surface area contributed by atoms with Gasteiger partial charge in [0.1, 0.15) is 6.07 Å². The number of anilines is 1. The first-order valence-electron chi connectivity index (χ1n) is 9.26. The van der Waals surface area contributed by atoms with Gasteiger partial charge in [0.15, 0.2) is 11.5 Å². The van der Waals surface area contributed by atoms with Crippen molar-refractivity contribution in [3.8, 4) is 23.3 Å².